The molecule has 0 amide bonds. The van der Waals surface area contributed by atoms with Crippen LogP contribution < -0.4 is 5.11 Å². The van der Waals surface area contributed by atoms with E-state index in [2.05, 4.69) is 111 Å². The predicted octanol–water partition coefficient (Wildman–Crippen LogP) is 22.3. The van der Waals surface area contributed by atoms with Crippen LogP contribution in [0, 0.1) is 0 Å². The Morgan fingerprint density at radius 1 is 0.348 bits per heavy atom. The number of hydrogen-bond donors (Lipinski definition) is 0. The minimum absolute atomic E-state index is 0.145. The Hall–Kier alpha value is -3.79. The van der Waals surface area contributed by atoms with Crippen LogP contribution in [0.15, 0.2) is 97.2 Å². The molecule has 2 unspecified atom stereocenters. The van der Waals surface area contributed by atoms with Gasteiger partial charge in [0.15, 0.2) is 12.4 Å². The van der Waals surface area contributed by atoms with Crippen LogP contribution in [0.5, 0.6) is 0 Å². The van der Waals surface area contributed by atoms with E-state index < -0.39 is 24.3 Å². The Labute approximate surface area is 550 Å². The molecule has 9 nitrogen and oxygen atoms in total. The van der Waals surface area contributed by atoms with E-state index in [0.29, 0.717) is 23.9 Å². The van der Waals surface area contributed by atoms with Crippen LogP contribution >= 0.6 is 0 Å². The smallest absolute Gasteiger partial charge is 0.306 e. The molecule has 0 N–H and O–H groups in total. The second-order valence-electron chi connectivity index (χ2n) is 26.2. The fraction of sp³-hybridized carbons (Fsp3) is 0.762. The van der Waals surface area contributed by atoms with Crippen LogP contribution in [0.3, 0.4) is 0 Å². The van der Waals surface area contributed by atoms with Gasteiger partial charge < -0.3 is 33.3 Å². The molecule has 514 valence electrons. The van der Waals surface area contributed by atoms with Gasteiger partial charge in [0.05, 0.1) is 40.3 Å². The summed E-state index contributed by atoms with van der Waals surface area (Å²) in [6.07, 6.45) is 93.6. The molecule has 0 rings (SSSR count). The highest BCUT2D eigenvalue weighted by atomic mass is 16.7. The summed E-state index contributed by atoms with van der Waals surface area (Å²) in [6, 6.07) is 0. The summed E-state index contributed by atoms with van der Waals surface area (Å²) < 4.78 is 22.8. The lowest BCUT2D eigenvalue weighted by Crippen LogP contribution is -2.44. The van der Waals surface area contributed by atoms with Gasteiger partial charge in [0, 0.05) is 12.8 Å². The lowest BCUT2D eigenvalue weighted by molar-refractivity contribution is -0.870. The first kappa shape index (κ1) is 85.2. The van der Waals surface area contributed by atoms with E-state index in [4.69, 9.17) is 18.9 Å². The first-order valence-electron chi connectivity index (χ1n) is 37.4. The molecule has 0 aliphatic rings. The van der Waals surface area contributed by atoms with Gasteiger partial charge in [-0.25, -0.2) is 0 Å². The zero-order valence-corrected chi connectivity index (χ0v) is 58.8. The molecule has 0 aromatic heterocycles. The quantitative estimate of drug-likeness (QED) is 0.0195. The summed E-state index contributed by atoms with van der Waals surface area (Å²) in [7, 11) is 5.94. The van der Waals surface area contributed by atoms with Gasteiger partial charge in [0.2, 0.25) is 0 Å². The maximum atomic E-state index is 13.0. The van der Waals surface area contributed by atoms with Gasteiger partial charge in [-0.15, -0.1) is 0 Å². The molecule has 0 spiro atoms. The van der Waals surface area contributed by atoms with Gasteiger partial charge in [-0.1, -0.05) is 342 Å². The van der Waals surface area contributed by atoms with Crippen molar-refractivity contribution in [1.29, 1.82) is 0 Å². The normalized spacial score (nSPS) is 13.2. The molecule has 0 aromatic rings. The van der Waals surface area contributed by atoms with E-state index in [0.717, 1.165) is 96.3 Å². The van der Waals surface area contributed by atoms with Crippen LogP contribution in [0.4, 0.5) is 0 Å². The third kappa shape index (κ3) is 71.5. The Balaban J connectivity index is 4.10. The molecular weight excluding hydrogens is 1100 g/mol. The van der Waals surface area contributed by atoms with E-state index in [9.17, 15) is 19.5 Å². The van der Waals surface area contributed by atoms with Crippen molar-refractivity contribution >= 4 is 17.9 Å². The number of hydrogen-bond acceptors (Lipinski definition) is 8. The highest BCUT2D eigenvalue weighted by Crippen LogP contribution is 2.18. The van der Waals surface area contributed by atoms with Crippen molar-refractivity contribution in [2.75, 3.05) is 47.5 Å². The highest BCUT2D eigenvalue weighted by molar-refractivity contribution is 5.70. The molecule has 89 heavy (non-hydrogen) atoms. The molecule has 0 bridgehead atoms. The molecule has 0 heterocycles. The lowest BCUT2D eigenvalue weighted by Gasteiger charge is -2.26. The number of esters is 2. The van der Waals surface area contributed by atoms with Gasteiger partial charge in [0.1, 0.15) is 13.2 Å². The second kappa shape index (κ2) is 70.1. The van der Waals surface area contributed by atoms with Gasteiger partial charge in [-0.3, -0.25) is 9.59 Å². The molecule has 0 radical (unpaired) electrons. The van der Waals surface area contributed by atoms with Crippen LogP contribution in [0.1, 0.15) is 335 Å². The van der Waals surface area contributed by atoms with Crippen molar-refractivity contribution in [3.05, 3.63) is 97.2 Å². The summed E-state index contributed by atoms with van der Waals surface area (Å²) in [5.74, 6) is -2.28. The number of likely N-dealkylation sites (N-methyl/N-ethyl adjacent to an activating group) is 1. The molecule has 0 aliphatic carbocycles. The summed E-state index contributed by atoms with van der Waals surface area (Å²) in [5.41, 5.74) is 0. The Bertz CT molecular complexity index is 1790. The van der Waals surface area contributed by atoms with Gasteiger partial charge in [-0.2, -0.15) is 0 Å². The minimum atomic E-state index is -1.63. The molecule has 0 saturated heterocycles. The zero-order chi connectivity index (χ0) is 64.7. The SMILES string of the molecule is CC/C=C\C/C=C\C/C=C\C/C=C\C/C=C\C/C=C\C/C=C\C/C=C\CCCCCCCCCCCCC(=O)OC(COC(=O)CCCCCCCCCCCCCCCCCCCCCCCCCCCCCCC)COC(OCC[N+](C)(C)C)C(=O)[O-]. The van der Waals surface area contributed by atoms with E-state index in [1.165, 1.54) is 205 Å². The topological polar surface area (TPSA) is 111 Å². The Morgan fingerprint density at radius 3 is 0.955 bits per heavy atom. The number of rotatable bonds is 69. The maximum absolute atomic E-state index is 13.0. The number of carboxylic acid groups (broad SMARTS) is 1. The number of carboxylic acids is 1. The molecule has 2 atom stereocenters. The van der Waals surface area contributed by atoms with Crippen LogP contribution in [-0.4, -0.2) is 82.3 Å². The molecule has 0 aliphatic heterocycles. The van der Waals surface area contributed by atoms with E-state index in [1.807, 2.05) is 21.1 Å². The standard InChI is InChI=1S/C80H141NO8/c1-6-8-10-12-14-16-18-20-22-24-26-28-30-32-34-36-37-38-39-40-41-43-45-47-49-51-53-55-57-59-61-63-65-67-69-71-78(83)89-76(75-88-80(79(84)85)86-73-72-81(3,4)5)74-87-77(82)70-68-66-64-62-60-58-56-54-52-50-48-46-44-42-35-33-31-29-27-25-23-21-19-17-15-13-11-9-7-2/h8,10,14,16,20,22,26,28,32,34,37-38,40-41,45,47,76,80H,6-7,9,11-13,15,17-19,21,23-25,27,29-31,33,35-36,39,42-44,46,48-75H2,1-5H3/b10-8-,16-14-,22-20-,28-26-,34-32-,38-37-,41-40-,47-45-. The number of ether oxygens (including phenoxy) is 4. The second-order valence-corrected chi connectivity index (χ2v) is 26.2. The fourth-order valence-electron chi connectivity index (χ4n) is 10.7. The van der Waals surface area contributed by atoms with Crippen LogP contribution in [0.2, 0.25) is 0 Å². The average Bonchev–Trinajstić information content (AvgIpc) is 3.64. The molecular formula is C80H141NO8. The van der Waals surface area contributed by atoms with Crippen molar-refractivity contribution in [3.8, 4) is 0 Å². The fourth-order valence-corrected chi connectivity index (χ4v) is 10.7. The third-order valence-electron chi connectivity index (χ3n) is 16.3. The predicted molar refractivity (Wildman–Crippen MR) is 380 cm³/mol. The third-order valence-corrected chi connectivity index (χ3v) is 16.3. The molecule has 0 aromatic carbocycles. The maximum Gasteiger partial charge on any atom is 0.306 e. The number of allylic oxidation sites excluding steroid dienone is 16. The summed E-state index contributed by atoms with van der Waals surface area (Å²) in [4.78, 5) is 37.5. The Morgan fingerprint density at radius 2 is 0.640 bits per heavy atom. The van der Waals surface area contributed by atoms with E-state index >= 15 is 0 Å². The van der Waals surface area contributed by atoms with Crippen molar-refractivity contribution in [1.82, 2.24) is 0 Å². The van der Waals surface area contributed by atoms with Crippen molar-refractivity contribution in [2.45, 2.75) is 347 Å². The number of unbranched alkanes of at least 4 members (excludes halogenated alkanes) is 38. The summed E-state index contributed by atoms with van der Waals surface area (Å²) in [5, 5.41) is 11.8. The zero-order valence-electron chi connectivity index (χ0n) is 58.8. The van der Waals surface area contributed by atoms with Gasteiger partial charge >= 0.3 is 11.9 Å². The van der Waals surface area contributed by atoms with Gasteiger partial charge in [-0.05, 0) is 77.0 Å². The number of nitrogens with zero attached hydrogens (tertiary/aromatic N) is 1. The summed E-state index contributed by atoms with van der Waals surface area (Å²) in [6.45, 7) is 4.67. The first-order chi connectivity index (χ1) is 43.6. The van der Waals surface area contributed by atoms with Crippen LogP contribution in [0.25, 0.3) is 0 Å². The largest absolute Gasteiger partial charge is 0.545 e. The van der Waals surface area contributed by atoms with E-state index in [1.54, 1.807) is 0 Å². The van der Waals surface area contributed by atoms with Crippen molar-refractivity contribution < 1.29 is 42.9 Å². The van der Waals surface area contributed by atoms with Gasteiger partial charge in [0.25, 0.3) is 0 Å². The Kier molecular flexibility index (Phi) is 67.1. The first-order valence-corrected chi connectivity index (χ1v) is 37.4. The van der Waals surface area contributed by atoms with Crippen LogP contribution in [-0.2, 0) is 33.3 Å². The summed E-state index contributed by atoms with van der Waals surface area (Å²) >= 11 is 0. The number of carbonyl (C=O) groups excluding carboxylic acids is 3. The number of carbonyl (C=O) groups is 3. The number of aliphatic carboxylic acids is 1. The molecule has 0 fully saturated rings. The number of quaternary nitrogens is 1. The van der Waals surface area contributed by atoms with Crippen molar-refractivity contribution in [3.63, 3.8) is 0 Å². The highest BCUT2D eigenvalue weighted by Gasteiger charge is 2.22. The van der Waals surface area contributed by atoms with Crippen molar-refractivity contribution in [2.24, 2.45) is 0 Å². The minimum Gasteiger partial charge on any atom is -0.545 e. The van der Waals surface area contributed by atoms with E-state index in [-0.39, 0.29) is 32.2 Å². The lowest BCUT2D eigenvalue weighted by atomic mass is 10.0. The molecule has 0 saturated carbocycles. The average molecular weight is 1250 g/mol. The molecule has 9 heteroatoms. The monoisotopic (exact) mass is 1240 g/mol.